The van der Waals surface area contributed by atoms with E-state index in [1.165, 1.54) is 0 Å². The summed E-state index contributed by atoms with van der Waals surface area (Å²) in [6.45, 7) is 4.66. The number of aliphatic carboxylic acids is 1. The van der Waals surface area contributed by atoms with Gasteiger partial charge in [-0.15, -0.1) is 0 Å². The van der Waals surface area contributed by atoms with E-state index in [9.17, 15) is 14.7 Å². The van der Waals surface area contributed by atoms with Gasteiger partial charge in [0.15, 0.2) is 0 Å². The first-order chi connectivity index (χ1) is 11.9. The van der Waals surface area contributed by atoms with Crippen LogP contribution in [0.4, 0.5) is 0 Å². The number of amides is 1. The molecule has 1 saturated heterocycles. The summed E-state index contributed by atoms with van der Waals surface area (Å²) in [5.74, 6) is 1.04. The highest BCUT2D eigenvalue weighted by Crippen LogP contribution is 2.23. The Morgan fingerprint density at radius 1 is 1.36 bits per heavy atom. The van der Waals surface area contributed by atoms with Gasteiger partial charge in [-0.3, -0.25) is 9.59 Å². The van der Waals surface area contributed by atoms with Crippen molar-refractivity contribution in [1.82, 2.24) is 4.90 Å². The Kier molecular flexibility index (Phi) is 10.2. The molecular weight excluding hydrogens is 338 g/mol. The number of aliphatic hydroxyl groups is 1. The number of hydrogen-bond donors (Lipinski definition) is 2. The minimum atomic E-state index is -0.807. The monoisotopic (exact) mass is 371 g/mol. The van der Waals surface area contributed by atoms with E-state index in [2.05, 4.69) is 6.92 Å². The Bertz CT molecular complexity index is 451. The smallest absolute Gasteiger partial charge is 0.303 e. The summed E-state index contributed by atoms with van der Waals surface area (Å²) in [7, 11) is 0. The Morgan fingerprint density at radius 3 is 2.80 bits per heavy atom. The number of unbranched alkanes of at least 4 members (excludes halogenated alkanes) is 2. The molecule has 0 radical (unpaired) electrons. The maximum absolute atomic E-state index is 12.1. The number of rotatable bonds is 13. The van der Waals surface area contributed by atoms with Gasteiger partial charge in [-0.05, 0) is 31.9 Å². The summed E-state index contributed by atoms with van der Waals surface area (Å²) in [6.07, 6.45) is 10.1. The summed E-state index contributed by atoms with van der Waals surface area (Å²) in [4.78, 5) is 24.4. The zero-order chi connectivity index (χ0) is 18.7. The second-order valence-electron chi connectivity index (χ2n) is 6.98. The van der Waals surface area contributed by atoms with Crippen molar-refractivity contribution in [3.8, 4) is 0 Å². The number of likely N-dealkylation sites (tertiary alicyclic amines) is 1. The minimum Gasteiger partial charge on any atom is -0.481 e. The third kappa shape index (κ3) is 9.31. The number of carbonyl (C=O) groups is 2. The molecule has 0 spiro atoms. The molecule has 1 fully saturated rings. The van der Waals surface area contributed by atoms with Crippen LogP contribution in [0.2, 0.25) is 0 Å². The first-order valence-electron chi connectivity index (χ1n) is 9.36. The lowest BCUT2D eigenvalue weighted by Gasteiger charge is -2.24. The molecule has 2 N–H and O–H groups in total. The van der Waals surface area contributed by atoms with E-state index in [4.69, 9.17) is 5.11 Å². The fraction of sp³-hybridized carbons (Fsp3) is 0.789. The van der Waals surface area contributed by atoms with Crippen molar-refractivity contribution in [1.29, 1.82) is 0 Å². The van der Waals surface area contributed by atoms with E-state index in [1.807, 2.05) is 24.0 Å². The normalized spacial score (nSPS) is 20.4. The van der Waals surface area contributed by atoms with E-state index in [1.54, 1.807) is 11.8 Å². The van der Waals surface area contributed by atoms with Crippen LogP contribution < -0.4 is 0 Å². The number of carbonyl (C=O) groups excluding carboxylic acids is 1. The summed E-state index contributed by atoms with van der Waals surface area (Å²) in [5.41, 5.74) is -0.807. The fourth-order valence-electron chi connectivity index (χ4n) is 2.97. The van der Waals surface area contributed by atoms with Gasteiger partial charge in [-0.25, -0.2) is 0 Å². The summed E-state index contributed by atoms with van der Waals surface area (Å²) >= 11 is 1.69. The highest BCUT2D eigenvalue weighted by atomic mass is 32.2. The quantitative estimate of drug-likeness (QED) is 0.383. The Balaban J connectivity index is 2.38. The van der Waals surface area contributed by atoms with Crippen LogP contribution in [-0.4, -0.2) is 56.7 Å². The van der Waals surface area contributed by atoms with Gasteiger partial charge < -0.3 is 15.1 Å². The third-order valence-corrected chi connectivity index (χ3v) is 5.54. The van der Waals surface area contributed by atoms with Gasteiger partial charge in [0.2, 0.25) is 5.91 Å². The molecule has 1 heterocycles. The molecule has 1 rings (SSSR count). The van der Waals surface area contributed by atoms with Crippen molar-refractivity contribution in [3.63, 3.8) is 0 Å². The average molecular weight is 372 g/mol. The molecule has 2 atom stereocenters. The average Bonchev–Trinajstić information content (AvgIpc) is 2.89. The predicted octanol–water partition coefficient (Wildman–Crippen LogP) is 3.46. The van der Waals surface area contributed by atoms with Crippen LogP contribution in [0.5, 0.6) is 0 Å². The van der Waals surface area contributed by atoms with Gasteiger partial charge in [0.05, 0.1) is 11.6 Å². The molecule has 0 aliphatic carbocycles. The van der Waals surface area contributed by atoms with Gasteiger partial charge in [0.25, 0.3) is 0 Å². The van der Waals surface area contributed by atoms with Crippen LogP contribution in [-0.2, 0) is 9.59 Å². The van der Waals surface area contributed by atoms with Crippen molar-refractivity contribution in [2.24, 2.45) is 0 Å². The fourth-order valence-corrected chi connectivity index (χ4v) is 3.85. The molecular formula is C19H33NO4S. The number of nitrogens with zero attached hydrogens (tertiary/aromatic N) is 1. The predicted molar refractivity (Wildman–Crippen MR) is 103 cm³/mol. The Hall–Kier alpha value is -1.01. The molecule has 25 heavy (non-hydrogen) atoms. The van der Waals surface area contributed by atoms with E-state index >= 15 is 0 Å². The number of carboxylic acids is 1. The van der Waals surface area contributed by atoms with Crippen molar-refractivity contribution < 1.29 is 19.8 Å². The van der Waals surface area contributed by atoms with Gasteiger partial charge in [0, 0.05) is 25.1 Å². The first kappa shape index (κ1) is 22.0. The molecule has 0 saturated carbocycles. The van der Waals surface area contributed by atoms with Crippen molar-refractivity contribution >= 4 is 23.6 Å². The van der Waals surface area contributed by atoms with Crippen LogP contribution in [0.25, 0.3) is 0 Å². The maximum Gasteiger partial charge on any atom is 0.303 e. The molecule has 0 aromatic heterocycles. The van der Waals surface area contributed by atoms with Crippen LogP contribution >= 0.6 is 11.8 Å². The second kappa shape index (κ2) is 11.6. The van der Waals surface area contributed by atoms with Gasteiger partial charge in [0.1, 0.15) is 0 Å². The molecule has 1 amide bonds. The second-order valence-corrected chi connectivity index (χ2v) is 8.20. The van der Waals surface area contributed by atoms with Gasteiger partial charge in [-0.1, -0.05) is 38.3 Å². The molecule has 5 nitrogen and oxygen atoms in total. The minimum absolute atomic E-state index is 0.0739. The zero-order valence-electron chi connectivity index (χ0n) is 15.6. The van der Waals surface area contributed by atoms with E-state index in [0.717, 1.165) is 43.6 Å². The highest BCUT2D eigenvalue weighted by molar-refractivity contribution is 7.99. The molecule has 0 aromatic carbocycles. The zero-order valence-corrected chi connectivity index (χ0v) is 16.4. The van der Waals surface area contributed by atoms with Crippen molar-refractivity contribution in [2.75, 3.05) is 18.1 Å². The summed E-state index contributed by atoms with van der Waals surface area (Å²) < 4.78 is 0. The number of thioether (sulfide) groups is 1. The lowest BCUT2D eigenvalue weighted by molar-refractivity contribution is -0.137. The molecule has 1 aliphatic rings. The summed E-state index contributed by atoms with van der Waals surface area (Å²) in [6, 6.07) is 0.0739. The highest BCUT2D eigenvalue weighted by Gasteiger charge is 2.29. The Morgan fingerprint density at radius 2 is 2.12 bits per heavy atom. The molecule has 1 aliphatic heterocycles. The lowest BCUT2D eigenvalue weighted by Crippen LogP contribution is -2.34. The van der Waals surface area contributed by atoms with Crippen LogP contribution in [0, 0.1) is 0 Å². The molecule has 0 bridgehead atoms. The molecule has 6 heteroatoms. The molecule has 144 valence electrons. The topological polar surface area (TPSA) is 77.8 Å². The summed E-state index contributed by atoms with van der Waals surface area (Å²) in [5, 5.41) is 19.0. The van der Waals surface area contributed by atoms with E-state index in [0.29, 0.717) is 19.4 Å². The van der Waals surface area contributed by atoms with Crippen molar-refractivity contribution in [2.45, 2.75) is 76.9 Å². The van der Waals surface area contributed by atoms with Gasteiger partial charge >= 0.3 is 5.97 Å². The lowest BCUT2D eigenvalue weighted by atomic mass is 9.97. The van der Waals surface area contributed by atoms with Crippen molar-refractivity contribution in [3.05, 3.63) is 12.2 Å². The van der Waals surface area contributed by atoms with Crippen LogP contribution in [0.1, 0.15) is 65.2 Å². The maximum atomic E-state index is 12.1. The SMILES string of the molecule is CCCCCC(C)(O)C=C[C@H]1CCC(=O)N1CCSCCCC(=O)O. The van der Waals surface area contributed by atoms with E-state index in [-0.39, 0.29) is 18.4 Å². The van der Waals surface area contributed by atoms with Crippen LogP contribution in [0.15, 0.2) is 12.2 Å². The largest absolute Gasteiger partial charge is 0.481 e. The first-order valence-corrected chi connectivity index (χ1v) is 10.5. The van der Waals surface area contributed by atoms with Crippen LogP contribution in [0.3, 0.4) is 0 Å². The number of carboxylic acid groups (broad SMARTS) is 1. The van der Waals surface area contributed by atoms with Gasteiger partial charge in [-0.2, -0.15) is 11.8 Å². The molecule has 0 aromatic rings. The number of hydrogen-bond acceptors (Lipinski definition) is 4. The third-order valence-electron chi connectivity index (χ3n) is 4.49. The van der Waals surface area contributed by atoms with E-state index < -0.39 is 11.6 Å². The molecule has 1 unspecified atom stereocenters. The standard InChI is InChI=1S/C19H33NO4S/c1-3-4-5-11-19(2,24)12-10-16-8-9-17(21)20(16)13-15-25-14-6-7-18(22)23/h10,12,16,24H,3-9,11,13-15H2,1-2H3,(H,22,23)/t16-,19?/m1/s1. The Labute approximate surface area is 155 Å².